The molecule has 0 aromatic carbocycles. The minimum Gasteiger partial charge on any atom is -0.343 e. The van der Waals surface area contributed by atoms with Gasteiger partial charge in [0.1, 0.15) is 0 Å². The fourth-order valence-electron chi connectivity index (χ4n) is 1.73. The number of hydrogen-bond donors (Lipinski definition) is 0. The Balaban J connectivity index is 2.41. The Bertz CT molecular complexity index is 289. The van der Waals surface area contributed by atoms with Gasteiger partial charge >= 0.3 is 0 Å². The van der Waals surface area contributed by atoms with E-state index in [2.05, 4.69) is 0 Å². The molecule has 0 bridgehead atoms. The minimum absolute atomic E-state index is 0.0413. The van der Waals surface area contributed by atoms with Gasteiger partial charge in [-0.1, -0.05) is 6.08 Å². The predicted molar refractivity (Wildman–Crippen MR) is 66.5 cm³/mol. The van der Waals surface area contributed by atoms with Crippen molar-refractivity contribution >= 4 is 12.3 Å². The molecule has 1 rings (SSSR count). The van der Waals surface area contributed by atoms with Crippen LogP contribution in [-0.4, -0.2) is 73.8 Å². The Hall–Kier alpha value is -1.36. The van der Waals surface area contributed by atoms with Crippen molar-refractivity contribution < 1.29 is 9.59 Å². The van der Waals surface area contributed by atoms with Crippen molar-refractivity contribution in [3.05, 3.63) is 12.2 Å². The van der Waals surface area contributed by atoms with Gasteiger partial charge in [0.15, 0.2) is 0 Å². The molecule has 0 aromatic heterocycles. The van der Waals surface area contributed by atoms with E-state index in [1.165, 1.54) is 0 Å². The molecule has 0 unspecified atom stereocenters. The molecule has 5 heteroatoms. The normalized spacial score (nSPS) is 17.6. The summed E-state index contributed by atoms with van der Waals surface area (Å²) in [4.78, 5) is 28.0. The lowest BCUT2D eigenvalue weighted by Gasteiger charge is -2.18. The van der Waals surface area contributed by atoms with Crippen LogP contribution in [0.2, 0.25) is 0 Å². The first-order chi connectivity index (χ1) is 8.13. The maximum Gasteiger partial charge on any atom is 0.246 e. The first kappa shape index (κ1) is 13.7. The van der Waals surface area contributed by atoms with Crippen molar-refractivity contribution in [3.63, 3.8) is 0 Å². The van der Waals surface area contributed by atoms with E-state index in [9.17, 15) is 9.59 Å². The molecular formula is C12H21N3O2. The Morgan fingerprint density at radius 1 is 1.24 bits per heavy atom. The largest absolute Gasteiger partial charge is 0.343 e. The molecule has 0 spiro atoms. The van der Waals surface area contributed by atoms with E-state index in [1.54, 1.807) is 15.9 Å². The average molecular weight is 239 g/mol. The zero-order valence-electron chi connectivity index (χ0n) is 10.6. The highest BCUT2D eigenvalue weighted by Gasteiger charge is 2.15. The minimum atomic E-state index is 0.0413. The van der Waals surface area contributed by atoms with E-state index in [-0.39, 0.29) is 5.91 Å². The van der Waals surface area contributed by atoms with E-state index in [4.69, 9.17) is 0 Å². The zero-order valence-corrected chi connectivity index (χ0v) is 10.6. The van der Waals surface area contributed by atoms with Crippen LogP contribution < -0.4 is 0 Å². The lowest BCUT2D eigenvalue weighted by atomic mass is 10.3. The quantitative estimate of drug-likeness (QED) is 0.504. The molecule has 0 N–H and O–H groups in total. The van der Waals surface area contributed by atoms with Crippen molar-refractivity contribution in [1.29, 1.82) is 0 Å². The van der Waals surface area contributed by atoms with E-state index >= 15 is 0 Å². The average Bonchev–Trinajstić information content (AvgIpc) is 2.53. The van der Waals surface area contributed by atoms with Gasteiger partial charge in [0, 0.05) is 38.8 Å². The zero-order chi connectivity index (χ0) is 12.7. The number of carbonyl (C=O) groups excluding carboxylic acids is 2. The van der Waals surface area contributed by atoms with Crippen molar-refractivity contribution in [2.24, 2.45) is 0 Å². The Morgan fingerprint density at radius 3 is 2.65 bits per heavy atom. The topological polar surface area (TPSA) is 43.9 Å². The van der Waals surface area contributed by atoms with Crippen LogP contribution >= 0.6 is 0 Å². The van der Waals surface area contributed by atoms with Gasteiger partial charge in [-0.2, -0.15) is 0 Å². The maximum absolute atomic E-state index is 11.8. The molecule has 5 nitrogen and oxygen atoms in total. The second-order valence-corrected chi connectivity index (χ2v) is 4.48. The number of hydrogen-bond acceptors (Lipinski definition) is 3. The van der Waals surface area contributed by atoms with Crippen molar-refractivity contribution in [2.75, 3.05) is 46.8 Å². The predicted octanol–water partition coefficient (Wildman–Crippen LogP) is -0.205. The molecular weight excluding hydrogens is 218 g/mol. The monoisotopic (exact) mass is 239 g/mol. The summed E-state index contributed by atoms with van der Waals surface area (Å²) >= 11 is 0. The number of nitrogens with zero attached hydrogens (tertiary/aromatic N) is 3. The van der Waals surface area contributed by atoms with E-state index in [0.717, 1.165) is 32.5 Å². The number of likely N-dealkylation sites (N-methyl/N-ethyl adjacent to an activating group) is 1. The first-order valence-electron chi connectivity index (χ1n) is 5.93. The highest BCUT2D eigenvalue weighted by Crippen LogP contribution is 2.02. The van der Waals surface area contributed by atoms with Crippen LogP contribution in [0.5, 0.6) is 0 Å². The summed E-state index contributed by atoms with van der Waals surface area (Å²) in [6.07, 6.45) is 5.20. The van der Waals surface area contributed by atoms with E-state index < -0.39 is 0 Å². The van der Waals surface area contributed by atoms with Gasteiger partial charge in [0.25, 0.3) is 0 Å². The van der Waals surface area contributed by atoms with Crippen LogP contribution in [0.15, 0.2) is 12.2 Å². The summed E-state index contributed by atoms with van der Waals surface area (Å²) in [6, 6.07) is 0. The summed E-state index contributed by atoms with van der Waals surface area (Å²) in [5.74, 6) is 0.0413. The van der Waals surface area contributed by atoms with Gasteiger partial charge < -0.3 is 14.7 Å². The fourth-order valence-corrected chi connectivity index (χ4v) is 1.73. The van der Waals surface area contributed by atoms with Gasteiger partial charge in [-0.05, 0) is 20.5 Å². The Labute approximate surface area is 103 Å². The SMILES string of the molecule is CN(C)C/C=C/C(=O)N1CCCN(C=O)CC1. The second kappa shape index (κ2) is 7.06. The third-order valence-electron chi connectivity index (χ3n) is 2.72. The summed E-state index contributed by atoms with van der Waals surface area (Å²) in [5.41, 5.74) is 0. The van der Waals surface area contributed by atoms with E-state index in [0.29, 0.717) is 13.1 Å². The molecule has 1 fully saturated rings. The standard InChI is InChI=1S/C12H21N3O2/c1-13(2)6-3-5-12(17)15-8-4-7-14(11-16)9-10-15/h3,5,11H,4,6-10H2,1-2H3/b5-3+. The second-order valence-electron chi connectivity index (χ2n) is 4.48. The highest BCUT2D eigenvalue weighted by molar-refractivity contribution is 5.87. The van der Waals surface area contributed by atoms with Crippen LogP contribution in [0.1, 0.15) is 6.42 Å². The van der Waals surface area contributed by atoms with Crippen LogP contribution in [0.25, 0.3) is 0 Å². The third-order valence-corrected chi connectivity index (χ3v) is 2.72. The third kappa shape index (κ3) is 4.99. The van der Waals surface area contributed by atoms with Crippen LogP contribution in [0.4, 0.5) is 0 Å². The van der Waals surface area contributed by atoms with Gasteiger partial charge in [-0.25, -0.2) is 0 Å². The Morgan fingerprint density at radius 2 is 2.00 bits per heavy atom. The summed E-state index contributed by atoms with van der Waals surface area (Å²) in [7, 11) is 3.92. The molecule has 1 heterocycles. The van der Waals surface area contributed by atoms with Crippen molar-refractivity contribution in [1.82, 2.24) is 14.7 Å². The molecule has 1 aliphatic heterocycles. The molecule has 0 atom stereocenters. The highest BCUT2D eigenvalue weighted by atomic mass is 16.2. The molecule has 96 valence electrons. The van der Waals surface area contributed by atoms with E-state index in [1.807, 2.05) is 25.1 Å². The van der Waals surface area contributed by atoms with Crippen LogP contribution in [0.3, 0.4) is 0 Å². The van der Waals surface area contributed by atoms with Gasteiger partial charge in [0.2, 0.25) is 12.3 Å². The number of carbonyl (C=O) groups is 2. The summed E-state index contributed by atoms with van der Waals surface area (Å²) in [6.45, 7) is 3.50. The van der Waals surface area contributed by atoms with Crippen LogP contribution in [0, 0.1) is 0 Å². The molecule has 1 aliphatic rings. The molecule has 0 aromatic rings. The molecule has 17 heavy (non-hydrogen) atoms. The molecule has 2 amide bonds. The molecule has 1 saturated heterocycles. The van der Waals surface area contributed by atoms with Gasteiger partial charge in [0.05, 0.1) is 0 Å². The number of amides is 2. The first-order valence-corrected chi connectivity index (χ1v) is 5.93. The van der Waals surface area contributed by atoms with Gasteiger partial charge in [-0.15, -0.1) is 0 Å². The van der Waals surface area contributed by atoms with Crippen molar-refractivity contribution in [3.8, 4) is 0 Å². The molecule has 0 aliphatic carbocycles. The van der Waals surface area contributed by atoms with Crippen molar-refractivity contribution in [2.45, 2.75) is 6.42 Å². The lowest BCUT2D eigenvalue weighted by Crippen LogP contribution is -2.33. The number of rotatable bonds is 4. The summed E-state index contributed by atoms with van der Waals surface area (Å²) < 4.78 is 0. The smallest absolute Gasteiger partial charge is 0.246 e. The fraction of sp³-hybridized carbons (Fsp3) is 0.667. The van der Waals surface area contributed by atoms with Gasteiger partial charge in [-0.3, -0.25) is 9.59 Å². The maximum atomic E-state index is 11.8. The molecule has 0 saturated carbocycles. The lowest BCUT2D eigenvalue weighted by molar-refractivity contribution is -0.126. The van der Waals surface area contributed by atoms with Crippen LogP contribution in [-0.2, 0) is 9.59 Å². The molecule has 0 radical (unpaired) electrons. The Kier molecular flexibility index (Phi) is 5.69. The summed E-state index contributed by atoms with van der Waals surface area (Å²) in [5, 5.41) is 0.